The molecule has 0 N–H and O–H groups in total. The zero-order valence-electron chi connectivity index (χ0n) is 8.61. The van der Waals surface area contributed by atoms with Gasteiger partial charge in [-0.3, -0.25) is 4.79 Å². The number of aromatic nitrogens is 1. The number of carbonyl (C=O) groups excluding carboxylic acids is 1. The maximum Gasteiger partial charge on any atom is 0.148 e. The third-order valence-electron chi connectivity index (χ3n) is 2.56. The minimum atomic E-state index is 0.267. The second kappa shape index (κ2) is 4.50. The van der Waals surface area contributed by atoms with Gasteiger partial charge in [0.2, 0.25) is 0 Å². The fraction of sp³-hybridized carbons (Fsp3) is 0.364. The van der Waals surface area contributed by atoms with Crippen molar-refractivity contribution in [2.45, 2.75) is 12.8 Å². The van der Waals surface area contributed by atoms with E-state index in [2.05, 4.69) is 4.98 Å². The molecule has 2 rings (SSSR count). The Morgan fingerprint density at radius 1 is 1.38 bits per heavy atom. The summed E-state index contributed by atoms with van der Waals surface area (Å²) >= 11 is 6.02. The lowest BCUT2D eigenvalue weighted by atomic mass is 10.1. The molecule has 1 aromatic rings. The van der Waals surface area contributed by atoms with E-state index in [-0.39, 0.29) is 5.78 Å². The maximum atomic E-state index is 11.1. The molecule has 2 heterocycles. The van der Waals surface area contributed by atoms with Crippen molar-refractivity contribution in [1.82, 2.24) is 4.98 Å². The number of pyridine rings is 1. The Morgan fingerprint density at radius 2 is 2.06 bits per heavy atom. The van der Waals surface area contributed by atoms with E-state index < -0.39 is 0 Å². The first-order chi connectivity index (χ1) is 7.70. The smallest absolute Gasteiger partial charge is 0.148 e. The molecular formula is C11H10ClN3O. The lowest BCUT2D eigenvalue weighted by Crippen LogP contribution is -2.34. The lowest BCUT2D eigenvalue weighted by Gasteiger charge is -2.27. The Bertz CT molecular complexity index is 457. The van der Waals surface area contributed by atoms with Crippen LogP contribution in [0.25, 0.3) is 0 Å². The van der Waals surface area contributed by atoms with E-state index in [1.54, 1.807) is 12.1 Å². The largest absolute Gasteiger partial charge is 0.354 e. The van der Waals surface area contributed by atoms with Crippen molar-refractivity contribution in [1.29, 1.82) is 5.26 Å². The predicted molar refractivity (Wildman–Crippen MR) is 60.4 cm³/mol. The molecule has 0 saturated carbocycles. The third kappa shape index (κ3) is 2.15. The first kappa shape index (κ1) is 10.9. The normalized spacial score (nSPS) is 16.0. The Balaban J connectivity index is 2.26. The van der Waals surface area contributed by atoms with Crippen LogP contribution in [0.4, 0.5) is 5.82 Å². The van der Waals surface area contributed by atoms with E-state index in [9.17, 15) is 4.79 Å². The standard InChI is InChI=1S/C11H10ClN3O/c12-10-2-1-8(7-13)14-11(10)15-5-3-9(16)4-6-15/h1-2H,3-6H2. The number of hydrogen-bond donors (Lipinski definition) is 0. The molecule has 1 aromatic heterocycles. The maximum absolute atomic E-state index is 11.1. The van der Waals surface area contributed by atoms with Crippen LogP contribution in [0.1, 0.15) is 18.5 Å². The van der Waals surface area contributed by atoms with Gasteiger partial charge in [-0.25, -0.2) is 4.98 Å². The number of carbonyl (C=O) groups is 1. The number of hydrogen-bond acceptors (Lipinski definition) is 4. The highest BCUT2D eigenvalue weighted by atomic mass is 35.5. The van der Waals surface area contributed by atoms with Gasteiger partial charge in [0.1, 0.15) is 23.4 Å². The number of nitriles is 1. The van der Waals surface area contributed by atoms with E-state index in [1.807, 2.05) is 11.0 Å². The minimum Gasteiger partial charge on any atom is -0.354 e. The summed E-state index contributed by atoms with van der Waals surface area (Å²) in [6.07, 6.45) is 1.05. The monoisotopic (exact) mass is 235 g/mol. The number of piperidine rings is 1. The zero-order chi connectivity index (χ0) is 11.5. The van der Waals surface area contributed by atoms with E-state index in [1.165, 1.54) is 0 Å². The first-order valence-corrected chi connectivity index (χ1v) is 5.42. The molecule has 1 saturated heterocycles. The van der Waals surface area contributed by atoms with Crippen molar-refractivity contribution in [2.24, 2.45) is 0 Å². The van der Waals surface area contributed by atoms with Crippen LogP contribution in [0.15, 0.2) is 12.1 Å². The van der Waals surface area contributed by atoms with Crippen LogP contribution in [0.5, 0.6) is 0 Å². The van der Waals surface area contributed by atoms with E-state index in [0.717, 1.165) is 0 Å². The molecule has 0 bridgehead atoms. The first-order valence-electron chi connectivity index (χ1n) is 5.04. The number of ketones is 1. The van der Waals surface area contributed by atoms with E-state index >= 15 is 0 Å². The van der Waals surface area contributed by atoms with E-state index in [0.29, 0.717) is 42.5 Å². The van der Waals surface area contributed by atoms with Gasteiger partial charge in [0.05, 0.1) is 5.02 Å². The molecule has 1 aliphatic rings. The van der Waals surface area contributed by atoms with Gasteiger partial charge in [-0.05, 0) is 12.1 Å². The molecule has 0 atom stereocenters. The van der Waals surface area contributed by atoms with Gasteiger partial charge >= 0.3 is 0 Å². The molecule has 0 aromatic carbocycles. The Morgan fingerprint density at radius 3 is 2.69 bits per heavy atom. The van der Waals surface area contributed by atoms with Crippen LogP contribution in [0.2, 0.25) is 5.02 Å². The molecule has 4 nitrogen and oxygen atoms in total. The van der Waals surface area contributed by atoms with Crippen LogP contribution in [-0.4, -0.2) is 23.9 Å². The molecule has 0 amide bonds. The molecule has 0 radical (unpaired) electrons. The summed E-state index contributed by atoms with van der Waals surface area (Å²) in [7, 11) is 0. The van der Waals surface area contributed by atoms with Crippen molar-refractivity contribution in [2.75, 3.05) is 18.0 Å². The van der Waals surface area contributed by atoms with Crippen LogP contribution >= 0.6 is 11.6 Å². The molecule has 1 aliphatic heterocycles. The average Bonchev–Trinajstić information content (AvgIpc) is 2.31. The molecule has 0 aliphatic carbocycles. The second-order valence-corrected chi connectivity index (χ2v) is 4.05. The summed E-state index contributed by atoms with van der Waals surface area (Å²) in [5.41, 5.74) is 0.344. The lowest BCUT2D eigenvalue weighted by molar-refractivity contribution is -0.119. The summed E-state index contributed by atoms with van der Waals surface area (Å²) in [4.78, 5) is 17.2. The summed E-state index contributed by atoms with van der Waals surface area (Å²) in [5.74, 6) is 0.872. The molecule has 0 unspecified atom stereocenters. The van der Waals surface area contributed by atoms with Crippen molar-refractivity contribution < 1.29 is 4.79 Å². The highest BCUT2D eigenvalue weighted by Gasteiger charge is 2.19. The molecule has 5 heteroatoms. The number of anilines is 1. The highest BCUT2D eigenvalue weighted by molar-refractivity contribution is 6.33. The number of Topliss-reactive ketones (excluding diaryl/α,β-unsaturated/α-hetero) is 1. The van der Waals surface area contributed by atoms with Crippen LogP contribution in [0.3, 0.4) is 0 Å². The van der Waals surface area contributed by atoms with Crippen molar-refractivity contribution >= 4 is 23.2 Å². The van der Waals surface area contributed by atoms with Crippen LogP contribution in [0, 0.1) is 11.3 Å². The quantitative estimate of drug-likeness (QED) is 0.745. The molecule has 82 valence electrons. The number of halogens is 1. The van der Waals surface area contributed by atoms with Gasteiger partial charge in [0.25, 0.3) is 0 Å². The Hall–Kier alpha value is -1.60. The summed E-state index contributed by atoms with van der Waals surface area (Å²) in [6.45, 7) is 1.25. The molecular weight excluding hydrogens is 226 g/mol. The average molecular weight is 236 g/mol. The number of nitrogens with zero attached hydrogens (tertiary/aromatic N) is 3. The number of rotatable bonds is 1. The molecule has 0 spiro atoms. The SMILES string of the molecule is N#Cc1ccc(Cl)c(N2CCC(=O)CC2)n1. The summed E-state index contributed by atoms with van der Waals surface area (Å²) in [5, 5.41) is 9.29. The Kier molecular flexibility index (Phi) is 3.07. The summed E-state index contributed by atoms with van der Waals surface area (Å²) < 4.78 is 0. The van der Waals surface area contributed by atoms with Gasteiger partial charge < -0.3 is 4.90 Å². The fourth-order valence-corrected chi connectivity index (χ4v) is 1.91. The topological polar surface area (TPSA) is 57.0 Å². The van der Waals surface area contributed by atoms with Gasteiger partial charge in [-0.15, -0.1) is 0 Å². The summed E-state index contributed by atoms with van der Waals surface area (Å²) in [6, 6.07) is 5.23. The van der Waals surface area contributed by atoms with Gasteiger partial charge in [-0.1, -0.05) is 11.6 Å². The van der Waals surface area contributed by atoms with Gasteiger partial charge in [0, 0.05) is 25.9 Å². The van der Waals surface area contributed by atoms with Gasteiger partial charge in [0.15, 0.2) is 0 Å². The molecule has 16 heavy (non-hydrogen) atoms. The third-order valence-corrected chi connectivity index (χ3v) is 2.86. The Labute approximate surface area is 98.5 Å². The van der Waals surface area contributed by atoms with Gasteiger partial charge in [-0.2, -0.15) is 5.26 Å². The van der Waals surface area contributed by atoms with Crippen molar-refractivity contribution in [3.8, 4) is 6.07 Å². The molecule has 1 fully saturated rings. The highest BCUT2D eigenvalue weighted by Crippen LogP contribution is 2.25. The van der Waals surface area contributed by atoms with E-state index in [4.69, 9.17) is 16.9 Å². The van der Waals surface area contributed by atoms with Crippen LogP contribution in [-0.2, 0) is 4.79 Å². The van der Waals surface area contributed by atoms with Crippen molar-refractivity contribution in [3.05, 3.63) is 22.8 Å². The second-order valence-electron chi connectivity index (χ2n) is 3.64. The fourth-order valence-electron chi connectivity index (χ4n) is 1.68. The predicted octanol–water partition coefficient (Wildman–Crippen LogP) is 1.78. The van der Waals surface area contributed by atoms with Crippen LogP contribution < -0.4 is 4.90 Å². The zero-order valence-corrected chi connectivity index (χ0v) is 9.37. The van der Waals surface area contributed by atoms with Crippen molar-refractivity contribution in [3.63, 3.8) is 0 Å². The minimum absolute atomic E-state index is 0.267.